The van der Waals surface area contributed by atoms with Gasteiger partial charge in [-0.15, -0.1) is 0 Å². The van der Waals surface area contributed by atoms with E-state index in [2.05, 4.69) is 5.32 Å². The molecule has 0 aliphatic carbocycles. The molecule has 0 heterocycles. The minimum atomic E-state index is -2.24. The molecule has 1 aromatic carbocycles. The molecule has 1 aromatic rings. The van der Waals surface area contributed by atoms with Crippen LogP contribution in [0.5, 0.6) is 11.5 Å². The van der Waals surface area contributed by atoms with Gasteiger partial charge < -0.3 is 33.5 Å². The van der Waals surface area contributed by atoms with Crippen molar-refractivity contribution in [2.75, 3.05) is 19.8 Å². The van der Waals surface area contributed by atoms with Gasteiger partial charge in [0.1, 0.15) is 0 Å². The van der Waals surface area contributed by atoms with Gasteiger partial charge in [0.2, 0.25) is 0 Å². The number of ether oxygens (including phenoxy) is 6. The molecule has 0 fully saturated rings. The van der Waals surface area contributed by atoms with Crippen LogP contribution in [0.1, 0.15) is 87.1 Å². The number of nitrogens with one attached hydrogen (secondary N) is 1. The second-order valence-electron chi connectivity index (χ2n) is 12.1. The predicted octanol–water partition coefficient (Wildman–Crippen LogP) is 6.72. The lowest BCUT2D eigenvalue weighted by molar-refractivity contribution is -0.167. The summed E-state index contributed by atoms with van der Waals surface area (Å²) in [7, 11) is 0. The number of carbonyl (C=O) groups is 4. The van der Waals surface area contributed by atoms with Crippen LogP contribution in [0.3, 0.4) is 0 Å². The van der Waals surface area contributed by atoms with Crippen molar-refractivity contribution >= 4 is 24.4 Å². The van der Waals surface area contributed by atoms with Gasteiger partial charge in [0, 0.05) is 12.5 Å². The van der Waals surface area contributed by atoms with Crippen molar-refractivity contribution in [1.29, 1.82) is 0 Å². The molecule has 0 saturated carbocycles. The fraction of sp³-hybridized carbons (Fsp3) is 0.677. The second kappa shape index (κ2) is 17.5. The smallest absolute Gasteiger partial charge is 0.477 e. The molecule has 0 spiro atoms. The summed E-state index contributed by atoms with van der Waals surface area (Å²) >= 11 is 0. The van der Waals surface area contributed by atoms with E-state index in [1.165, 1.54) is 18.2 Å². The van der Waals surface area contributed by atoms with Crippen LogP contribution >= 0.6 is 0 Å². The summed E-state index contributed by atoms with van der Waals surface area (Å²) in [5.74, 6) is -1.64. The van der Waals surface area contributed by atoms with Crippen LogP contribution in [0.25, 0.3) is 0 Å². The number of carboxylic acids is 1. The minimum Gasteiger partial charge on any atom is -0.477 e. The van der Waals surface area contributed by atoms with E-state index < -0.39 is 36.6 Å². The van der Waals surface area contributed by atoms with Crippen LogP contribution in [-0.2, 0) is 30.2 Å². The van der Waals surface area contributed by atoms with E-state index in [9.17, 15) is 24.3 Å². The predicted molar refractivity (Wildman–Crippen MR) is 158 cm³/mol. The van der Waals surface area contributed by atoms with Crippen molar-refractivity contribution < 1.29 is 52.7 Å². The first-order chi connectivity index (χ1) is 20.0. The summed E-state index contributed by atoms with van der Waals surface area (Å²) in [6.45, 7) is 17.1. The monoisotopic (exact) mass is 611 g/mol. The zero-order chi connectivity index (χ0) is 32.8. The molecule has 12 heteroatoms. The fourth-order valence-corrected chi connectivity index (χ4v) is 3.25. The number of aliphatic carboxylic acids is 1. The Labute approximate surface area is 254 Å². The quantitative estimate of drug-likeness (QED) is 0.0881. The van der Waals surface area contributed by atoms with E-state index in [-0.39, 0.29) is 60.2 Å². The third kappa shape index (κ3) is 14.0. The molecular formula is C31H49NO11. The van der Waals surface area contributed by atoms with Crippen LogP contribution in [-0.4, -0.2) is 61.1 Å². The van der Waals surface area contributed by atoms with Gasteiger partial charge in [-0.05, 0) is 48.3 Å². The number of hydrogen-bond acceptors (Lipinski definition) is 11. The summed E-state index contributed by atoms with van der Waals surface area (Å²) in [5, 5.41) is 13.2. The summed E-state index contributed by atoms with van der Waals surface area (Å²) in [4.78, 5) is 50.1. The Bertz CT molecular complexity index is 1070. The second-order valence-corrected chi connectivity index (χ2v) is 12.1. The van der Waals surface area contributed by atoms with Crippen LogP contribution in [0.15, 0.2) is 18.2 Å². The summed E-state index contributed by atoms with van der Waals surface area (Å²) in [6.07, 6.45) is -1.51. The molecule has 3 unspecified atom stereocenters. The lowest BCUT2D eigenvalue weighted by atomic mass is 9.99. The summed E-state index contributed by atoms with van der Waals surface area (Å²) in [6, 6.07) is 3.71. The van der Waals surface area contributed by atoms with E-state index >= 15 is 0 Å². The van der Waals surface area contributed by atoms with Crippen LogP contribution in [0, 0.1) is 17.3 Å². The Kier molecular flexibility index (Phi) is 15.3. The Balaban J connectivity index is 3.41. The van der Waals surface area contributed by atoms with Crippen molar-refractivity contribution in [2.45, 2.75) is 99.8 Å². The number of benzene rings is 1. The zero-order valence-electron chi connectivity index (χ0n) is 26.9. The Morgan fingerprint density at radius 1 is 0.791 bits per heavy atom. The fourth-order valence-electron chi connectivity index (χ4n) is 3.25. The van der Waals surface area contributed by atoms with Crippen LogP contribution < -0.4 is 14.8 Å². The number of carboxylic acid groups (broad SMARTS) is 1. The Hall–Kier alpha value is -3.54. The number of rotatable bonds is 16. The molecule has 0 bridgehead atoms. The molecule has 0 amide bonds. The summed E-state index contributed by atoms with van der Waals surface area (Å²) < 4.78 is 31.6. The van der Waals surface area contributed by atoms with E-state index in [0.717, 1.165) is 12.8 Å². The highest BCUT2D eigenvalue weighted by Crippen LogP contribution is 2.32. The number of hydrogen-bond donors (Lipinski definition) is 2. The third-order valence-corrected chi connectivity index (χ3v) is 6.53. The molecule has 0 aromatic heterocycles. The molecule has 0 saturated heterocycles. The zero-order valence-corrected chi connectivity index (χ0v) is 26.9. The van der Waals surface area contributed by atoms with E-state index in [4.69, 9.17) is 28.4 Å². The van der Waals surface area contributed by atoms with Crippen molar-refractivity contribution in [3.63, 3.8) is 0 Å². The van der Waals surface area contributed by atoms with Gasteiger partial charge in [-0.25, -0.2) is 19.2 Å². The average molecular weight is 612 g/mol. The highest BCUT2D eigenvalue weighted by atomic mass is 16.8. The molecule has 12 nitrogen and oxygen atoms in total. The first-order valence-electron chi connectivity index (χ1n) is 14.7. The molecule has 244 valence electrons. The van der Waals surface area contributed by atoms with E-state index in [1.807, 2.05) is 55.4 Å². The molecule has 4 atom stereocenters. The normalized spacial score (nSPS) is 14.8. The van der Waals surface area contributed by atoms with Gasteiger partial charge in [0.05, 0.1) is 19.8 Å². The third-order valence-electron chi connectivity index (χ3n) is 6.53. The summed E-state index contributed by atoms with van der Waals surface area (Å²) in [5.41, 5.74) is -2.35. The maximum absolute atomic E-state index is 12.6. The van der Waals surface area contributed by atoms with E-state index in [0.29, 0.717) is 6.42 Å². The Morgan fingerprint density at radius 3 is 1.79 bits per heavy atom. The van der Waals surface area contributed by atoms with Gasteiger partial charge in [-0.1, -0.05) is 74.3 Å². The first-order valence-corrected chi connectivity index (χ1v) is 14.7. The van der Waals surface area contributed by atoms with Gasteiger partial charge in [0.25, 0.3) is 5.72 Å². The van der Waals surface area contributed by atoms with Crippen molar-refractivity contribution in [3.05, 3.63) is 23.8 Å². The SMILES string of the molecule is CCC(C)COC(=O)Oc1ccc(C[C@](NC(C)CC)(OC(=O)OCC(C)(C)C)C(=O)O)cc1OC(=O)OCC(C)CC. The molecule has 2 N–H and O–H groups in total. The van der Waals surface area contributed by atoms with Crippen molar-refractivity contribution in [3.8, 4) is 11.5 Å². The van der Waals surface area contributed by atoms with Crippen LogP contribution in [0.4, 0.5) is 14.4 Å². The maximum atomic E-state index is 12.6. The average Bonchev–Trinajstić information content (AvgIpc) is 2.94. The van der Waals surface area contributed by atoms with Gasteiger partial charge >= 0.3 is 24.4 Å². The molecule has 43 heavy (non-hydrogen) atoms. The largest absolute Gasteiger partial charge is 0.513 e. The van der Waals surface area contributed by atoms with Crippen LogP contribution in [0.2, 0.25) is 0 Å². The Morgan fingerprint density at radius 2 is 1.33 bits per heavy atom. The molecule has 0 radical (unpaired) electrons. The molecule has 0 aliphatic rings. The maximum Gasteiger partial charge on any atom is 0.513 e. The van der Waals surface area contributed by atoms with Crippen molar-refractivity contribution in [2.24, 2.45) is 17.3 Å². The molecule has 0 aliphatic heterocycles. The molecule has 1 rings (SSSR count). The van der Waals surface area contributed by atoms with Gasteiger partial charge in [0.15, 0.2) is 11.5 Å². The van der Waals surface area contributed by atoms with Gasteiger partial charge in [-0.3, -0.25) is 5.32 Å². The van der Waals surface area contributed by atoms with Crippen molar-refractivity contribution in [1.82, 2.24) is 5.32 Å². The highest BCUT2D eigenvalue weighted by molar-refractivity contribution is 5.80. The number of carbonyl (C=O) groups excluding carboxylic acids is 3. The van der Waals surface area contributed by atoms with Gasteiger partial charge in [-0.2, -0.15) is 0 Å². The lowest BCUT2D eigenvalue weighted by Gasteiger charge is -2.33. The topological polar surface area (TPSA) is 156 Å². The van der Waals surface area contributed by atoms with E-state index in [1.54, 1.807) is 6.92 Å². The standard InChI is InChI=1S/C31H49NO11/c1-10-20(4)17-38-27(35)41-24-14-13-23(15-25(24)42-28(36)39-18-21(5)11-2)16-31(26(33)34,32-22(6)12-3)43-29(37)40-19-30(7,8)9/h13-15,20-22,32H,10-12,16-19H2,1-9H3,(H,33,34)/t20?,21?,22?,31-/m0/s1. The minimum absolute atomic E-state index is 0.000775. The highest BCUT2D eigenvalue weighted by Gasteiger charge is 2.45. The lowest BCUT2D eigenvalue weighted by Crippen LogP contribution is -2.59. The first kappa shape index (κ1) is 37.5. The molecular weight excluding hydrogens is 562 g/mol.